The van der Waals surface area contributed by atoms with Gasteiger partial charge in [-0.05, 0) is 65.4 Å². The van der Waals surface area contributed by atoms with Crippen LogP contribution in [0.3, 0.4) is 0 Å². The quantitative estimate of drug-likeness (QED) is 0.332. The predicted molar refractivity (Wildman–Crippen MR) is 132 cm³/mol. The third-order valence-corrected chi connectivity index (χ3v) is 6.03. The first-order valence-corrected chi connectivity index (χ1v) is 11.2. The van der Waals surface area contributed by atoms with Crippen LogP contribution in [0.5, 0.6) is 5.75 Å². The number of rotatable bonds is 9. The lowest BCUT2D eigenvalue weighted by Crippen LogP contribution is -2.31. The minimum absolute atomic E-state index is 0.0671. The zero-order valence-corrected chi connectivity index (χ0v) is 19.3. The second kappa shape index (κ2) is 10.3. The molecule has 0 aliphatic rings. The van der Waals surface area contributed by atoms with E-state index in [9.17, 15) is 9.59 Å². The Morgan fingerprint density at radius 1 is 1.06 bits per heavy atom. The van der Waals surface area contributed by atoms with Gasteiger partial charge in [0.15, 0.2) is 0 Å². The molecule has 3 aromatic carbocycles. The van der Waals surface area contributed by atoms with Crippen LogP contribution in [-0.4, -0.2) is 29.1 Å². The third kappa shape index (κ3) is 5.29. The summed E-state index contributed by atoms with van der Waals surface area (Å²) in [5.41, 5.74) is 5.79. The Balaban J connectivity index is 1.57. The largest absolute Gasteiger partial charge is 0.497 e. The van der Waals surface area contributed by atoms with E-state index in [4.69, 9.17) is 9.84 Å². The predicted octanol–water partition coefficient (Wildman–Crippen LogP) is 4.95. The molecule has 4 aromatic rings. The first-order valence-electron chi connectivity index (χ1n) is 11.2. The Morgan fingerprint density at radius 2 is 1.85 bits per heavy atom. The van der Waals surface area contributed by atoms with Gasteiger partial charge in [0.2, 0.25) is 5.91 Å². The minimum atomic E-state index is -0.828. The minimum Gasteiger partial charge on any atom is -0.497 e. The number of aromatic nitrogens is 1. The van der Waals surface area contributed by atoms with Gasteiger partial charge in [0.05, 0.1) is 19.6 Å². The SMILES string of the molecule is COc1ccc(C(NC(=O)Cc2ccc3[nH]cc(CCC(=O)O)c3c2)c2ccccc2)c(C)c1. The van der Waals surface area contributed by atoms with Gasteiger partial charge in [-0.1, -0.05) is 42.5 Å². The Morgan fingerprint density at radius 3 is 2.56 bits per heavy atom. The van der Waals surface area contributed by atoms with Gasteiger partial charge in [0.25, 0.3) is 0 Å². The Labute approximate surface area is 198 Å². The fraction of sp³-hybridized carbons (Fsp3) is 0.214. The lowest BCUT2D eigenvalue weighted by molar-refractivity contribution is -0.137. The molecule has 34 heavy (non-hydrogen) atoms. The van der Waals surface area contributed by atoms with E-state index in [-0.39, 0.29) is 24.8 Å². The summed E-state index contributed by atoms with van der Waals surface area (Å²) in [5.74, 6) is -0.144. The van der Waals surface area contributed by atoms with Crippen molar-refractivity contribution in [3.63, 3.8) is 0 Å². The number of benzene rings is 3. The molecule has 4 rings (SSSR count). The molecule has 0 aliphatic carbocycles. The molecule has 0 bridgehead atoms. The number of hydrogen-bond acceptors (Lipinski definition) is 3. The number of carbonyl (C=O) groups excluding carboxylic acids is 1. The van der Waals surface area contributed by atoms with Gasteiger partial charge in [-0.15, -0.1) is 0 Å². The number of ether oxygens (including phenoxy) is 1. The number of carboxylic acid groups (broad SMARTS) is 1. The molecule has 0 radical (unpaired) electrons. The number of amides is 1. The van der Waals surface area contributed by atoms with Crippen molar-refractivity contribution in [2.45, 2.75) is 32.2 Å². The molecule has 6 heteroatoms. The highest BCUT2D eigenvalue weighted by molar-refractivity contribution is 5.86. The molecule has 0 aliphatic heterocycles. The van der Waals surface area contributed by atoms with E-state index in [1.165, 1.54) is 0 Å². The van der Waals surface area contributed by atoms with E-state index >= 15 is 0 Å². The van der Waals surface area contributed by atoms with Crippen molar-refractivity contribution in [2.24, 2.45) is 0 Å². The van der Waals surface area contributed by atoms with Crippen LogP contribution in [0.25, 0.3) is 10.9 Å². The van der Waals surface area contributed by atoms with E-state index in [1.54, 1.807) is 7.11 Å². The van der Waals surface area contributed by atoms with Gasteiger partial charge >= 0.3 is 5.97 Å². The van der Waals surface area contributed by atoms with Gasteiger partial charge in [-0.2, -0.15) is 0 Å². The van der Waals surface area contributed by atoms with Gasteiger partial charge in [-0.25, -0.2) is 0 Å². The highest BCUT2D eigenvalue weighted by Crippen LogP contribution is 2.28. The molecular weight excluding hydrogens is 428 g/mol. The Hall–Kier alpha value is -4.06. The number of aryl methyl sites for hydroxylation is 2. The summed E-state index contributed by atoms with van der Waals surface area (Å²) >= 11 is 0. The molecule has 6 nitrogen and oxygen atoms in total. The van der Waals surface area contributed by atoms with E-state index in [0.29, 0.717) is 6.42 Å². The number of hydrogen-bond donors (Lipinski definition) is 3. The number of H-pyrrole nitrogens is 1. The maximum atomic E-state index is 13.2. The molecule has 1 aromatic heterocycles. The van der Waals surface area contributed by atoms with Gasteiger partial charge in [-0.3, -0.25) is 9.59 Å². The Bertz CT molecular complexity index is 1310. The number of carboxylic acids is 1. The van der Waals surface area contributed by atoms with Gasteiger partial charge < -0.3 is 20.1 Å². The second-order valence-electron chi connectivity index (χ2n) is 8.40. The number of carbonyl (C=O) groups is 2. The average molecular weight is 457 g/mol. The van der Waals surface area contributed by atoms with Crippen LogP contribution in [0, 0.1) is 6.92 Å². The van der Waals surface area contributed by atoms with Crippen LogP contribution < -0.4 is 10.1 Å². The summed E-state index contributed by atoms with van der Waals surface area (Å²) in [6.45, 7) is 2.01. The van der Waals surface area contributed by atoms with Crippen molar-refractivity contribution in [1.82, 2.24) is 10.3 Å². The number of fused-ring (bicyclic) bond motifs is 1. The third-order valence-electron chi connectivity index (χ3n) is 6.03. The molecule has 1 atom stereocenters. The molecule has 3 N–H and O–H groups in total. The molecule has 1 unspecified atom stereocenters. The fourth-order valence-electron chi connectivity index (χ4n) is 4.27. The summed E-state index contributed by atoms with van der Waals surface area (Å²) < 4.78 is 5.34. The van der Waals surface area contributed by atoms with Gasteiger partial charge in [0, 0.05) is 23.5 Å². The summed E-state index contributed by atoms with van der Waals surface area (Å²) in [5, 5.41) is 13.2. The normalized spacial score (nSPS) is 11.8. The number of aliphatic carboxylic acids is 1. The molecular formula is C28H28N2O4. The van der Waals surface area contributed by atoms with Gasteiger partial charge in [0.1, 0.15) is 5.75 Å². The highest BCUT2D eigenvalue weighted by atomic mass is 16.5. The van der Waals surface area contributed by atoms with E-state index in [1.807, 2.05) is 79.9 Å². The standard InChI is InChI=1S/C28H28N2O4/c1-18-14-22(34-2)10-11-23(18)28(20-6-4-3-5-7-20)30-26(31)16-19-8-12-25-24(15-19)21(17-29-25)9-13-27(32)33/h3-8,10-12,14-15,17,28-29H,9,13,16H2,1-2H3,(H,30,31)(H,32,33). The zero-order valence-electron chi connectivity index (χ0n) is 19.3. The van der Waals surface area contributed by atoms with Crippen molar-refractivity contribution < 1.29 is 19.4 Å². The fourth-order valence-corrected chi connectivity index (χ4v) is 4.27. The molecule has 174 valence electrons. The first kappa shape index (κ1) is 23.1. The van der Waals surface area contributed by atoms with Crippen LogP contribution in [0.4, 0.5) is 0 Å². The van der Waals surface area contributed by atoms with Crippen LogP contribution >= 0.6 is 0 Å². The van der Waals surface area contributed by atoms with Crippen molar-refractivity contribution >= 4 is 22.8 Å². The highest BCUT2D eigenvalue weighted by Gasteiger charge is 2.19. The molecule has 1 heterocycles. The second-order valence-corrected chi connectivity index (χ2v) is 8.40. The van der Waals surface area contributed by atoms with E-state index < -0.39 is 5.97 Å². The van der Waals surface area contributed by atoms with Crippen LogP contribution in [0.15, 0.2) is 72.9 Å². The maximum absolute atomic E-state index is 13.2. The van der Waals surface area contributed by atoms with Crippen LogP contribution in [-0.2, 0) is 22.4 Å². The number of nitrogens with one attached hydrogen (secondary N) is 2. The smallest absolute Gasteiger partial charge is 0.303 e. The maximum Gasteiger partial charge on any atom is 0.303 e. The van der Waals surface area contributed by atoms with E-state index in [0.717, 1.165) is 44.5 Å². The number of methoxy groups -OCH3 is 1. The first-order chi connectivity index (χ1) is 16.4. The van der Waals surface area contributed by atoms with Crippen molar-refractivity contribution in [1.29, 1.82) is 0 Å². The molecule has 0 spiro atoms. The average Bonchev–Trinajstić information content (AvgIpc) is 3.24. The van der Waals surface area contributed by atoms with Crippen molar-refractivity contribution in [3.8, 4) is 5.75 Å². The summed E-state index contributed by atoms with van der Waals surface area (Å²) in [7, 11) is 1.64. The molecule has 0 fully saturated rings. The van der Waals surface area contributed by atoms with Crippen molar-refractivity contribution in [3.05, 3.63) is 101 Å². The van der Waals surface area contributed by atoms with Crippen LogP contribution in [0.2, 0.25) is 0 Å². The monoisotopic (exact) mass is 456 g/mol. The zero-order chi connectivity index (χ0) is 24.1. The van der Waals surface area contributed by atoms with Crippen LogP contribution in [0.1, 0.15) is 40.3 Å². The number of aromatic amines is 1. The topological polar surface area (TPSA) is 91.4 Å². The lowest BCUT2D eigenvalue weighted by atomic mass is 9.94. The summed E-state index contributed by atoms with van der Waals surface area (Å²) in [6.07, 6.45) is 2.57. The molecule has 1 amide bonds. The molecule has 0 saturated heterocycles. The lowest BCUT2D eigenvalue weighted by Gasteiger charge is -2.22. The summed E-state index contributed by atoms with van der Waals surface area (Å²) in [6, 6.07) is 21.3. The van der Waals surface area contributed by atoms with E-state index in [2.05, 4.69) is 10.3 Å². The Kier molecular flexibility index (Phi) is 6.97. The van der Waals surface area contributed by atoms with Crippen molar-refractivity contribution in [2.75, 3.05) is 7.11 Å². The summed E-state index contributed by atoms with van der Waals surface area (Å²) in [4.78, 5) is 27.3. The molecule has 0 saturated carbocycles.